The Kier molecular flexibility index (Phi) is 12.0. The molecule has 3 amide bonds. The summed E-state index contributed by atoms with van der Waals surface area (Å²) in [5.74, 6) is -0.754. The lowest BCUT2D eigenvalue weighted by Gasteiger charge is -2.14. The fourth-order valence-corrected chi connectivity index (χ4v) is 4.17. The van der Waals surface area contributed by atoms with Crippen LogP contribution in [0.3, 0.4) is 0 Å². The molecule has 0 saturated carbocycles. The van der Waals surface area contributed by atoms with Crippen molar-refractivity contribution in [2.24, 2.45) is 5.10 Å². The monoisotopic (exact) mass is 720 g/mol. The van der Waals surface area contributed by atoms with Crippen molar-refractivity contribution in [2.75, 3.05) is 30.5 Å². The average Bonchev–Trinajstić information content (AvgIpc) is 2.93. The summed E-state index contributed by atoms with van der Waals surface area (Å²) < 4.78 is 18.4. The second-order valence-electron chi connectivity index (χ2n) is 7.88. The molecular weight excluding hydrogens is 695 g/mol. The first-order valence-electron chi connectivity index (χ1n) is 11.9. The highest BCUT2D eigenvalue weighted by molar-refractivity contribution is 14.1. The van der Waals surface area contributed by atoms with Crippen molar-refractivity contribution >= 4 is 73.8 Å². The number of amides is 3. The van der Waals surface area contributed by atoms with E-state index >= 15 is 0 Å². The molecule has 0 aliphatic rings. The van der Waals surface area contributed by atoms with E-state index in [9.17, 15) is 14.4 Å². The number of nitrogens with one attached hydrogen (secondary N) is 3. The lowest BCUT2D eigenvalue weighted by molar-refractivity contribution is -0.136. The molecule has 0 heterocycles. The Morgan fingerprint density at radius 2 is 1.62 bits per heavy atom. The van der Waals surface area contributed by atoms with E-state index in [-0.39, 0.29) is 12.5 Å². The number of rotatable bonds is 12. The van der Waals surface area contributed by atoms with Gasteiger partial charge in [-0.15, -0.1) is 0 Å². The molecule has 3 N–H and O–H groups in total. The minimum absolute atomic E-state index is 0.227. The number of hydrogen-bond donors (Lipinski definition) is 3. The van der Waals surface area contributed by atoms with Crippen molar-refractivity contribution in [3.05, 3.63) is 86.9 Å². The van der Waals surface area contributed by atoms with Gasteiger partial charge in [0, 0.05) is 15.8 Å². The van der Waals surface area contributed by atoms with E-state index in [1.54, 1.807) is 54.6 Å². The van der Waals surface area contributed by atoms with Crippen LogP contribution in [0.15, 0.2) is 82.9 Å². The number of hydrazone groups is 1. The first-order valence-corrected chi connectivity index (χ1v) is 13.8. The second-order valence-corrected chi connectivity index (χ2v) is 9.96. The standard InChI is InChI=1S/C28H26BrIN4O6/c1-3-13-39-22-11-9-21(10-12-22)33-27(36)28(37)34-31-16-18-14-23(30)26(24(15-18)38-4-2)40-17-25(35)32-20-7-5-19(29)6-8-20/h3,5-12,14-16H,1,4,13,17H2,2H3,(H,32,35)(H,33,36)(H,34,37)/b31-16-. The summed E-state index contributed by atoms with van der Waals surface area (Å²) in [5, 5.41) is 9.12. The lowest BCUT2D eigenvalue weighted by Crippen LogP contribution is -2.32. The van der Waals surface area contributed by atoms with E-state index in [0.717, 1.165) is 4.47 Å². The first-order chi connectivity index (χ1) is 19.3. The number of halogens is 2. The highest BCUT2D eigenvalue weighted by Gasteiger charge is 2.15. The minimum atomic E-state index is -0.945. The van der Waals surface area contributed by atoms with Crippen LogP contribution in [0.4, 0.5) is 11.4 Å². The van der Waals surface area contributed by atoms with Gasteiger partial charge in [0.1, 0.15) is 12.4 Å². The fourth-order valence-electron chi connectivity index (χ4n) is 3.13. The Morgan fingerprint density at radius 1 is 0.950 bits per heavy atom. The predicted molar refractivity (Wildman–Crippen MR) is 165 cm³/mol. The quantitative estimate of drug-likeness (QED) is 0.0784. The van der Waals surface area contributed by atoms with Crippen LogP contribution < -0.4 is 30.3 Å². The van der Waals surface area contributed by atoms with Gasteiger partial charge in [-0.2, -0.15) is 5.10 Å². The third-order valence-corrected chi connectivity index (χ3v) is 6.20. The summed E-state index contributed by atoms with van der Waals surface area (Å²) >= 11 is 5.41. The summed E-state index contributed by atoms with van der Waals surface area (Å²) in [5.41, 5.74) is 3.84. The number of ether oxygens (including phenoxy) is 3. The van der Waals surface area contributed by atoms with Gasteiger partial charge in [-0.1, -0.05) is 28.6 Å². The van der Waals surface area contributed by atoms with Gasteiger partial charge in [-0.3, -0.25) is 14.4 Å². The van der Waals surface area contributed by atoms with Gasteiger partial charge in [0.25, 0.3) is 5.91 Å². The summed E-state index contributed by atoms with van der Waals surface area (Å²) in [6, 6.07) is 17.1. The van der Waals surface area contributed by atoms with Crippen LogP contribution in [0.1, 0.15) is 12.5 Å². The highest BCUT2D eigenvalue weighted by Crippen LogP contribution is 2.34. The highest BCUT2D eigenvalue weighted by atomic mass is 127. The van der Waals surface area contributed by atoms with Gasteiger partial charge in [0.15, 0.2) is 18.1 Å². The molecule has 3 aromatic rings. The number of carbonyl (C=O) groups excluding carboxylic acids is 3. The van der Waals surface area contributed by atoms with Crippen LogP contribution in [0.25, 0.3) is 0 Å². The average molecular weight is 721 g/mol. The zero-order valence-electron chi connectivity index (χ0n) is 21.4. The topological polar surface area (TPSA) is 127 Å². The van der Waals surface area contributed by atoms with Gasteiger partial charge in [0.2, 0.25) is 0 Å². The minimum Gasteiger partial charge on any atom is -0.490 e. The van der Waals surface area contributed by atoms with E-state index in [0.29, 0.717) is 51.0 Å². The molecule has 0 aromatic heterocycles. The fraction of sp³-hybridized carbons (Fsp3) is 0.143. The van der Waals surface area contributed by atoms with Crippen LogP contribution in [-0.2, 0) is 14.4 Å². The second kappa shape index (κ2) is 15.6. The van der Waals surface area contributed by atoms with Gasteiger partial charge in [-0.05, 0) is 95.7 Å². The molecule has 3 rings (SSSR count). The molecule has 0 aliphatic heterocycles. The van der Waals surface area contributed by atoms with Crippen molar-refractivity contribution in [1.29, 1.82) is 0 Å². The Morgan fingerprint density at radius 3 is 2.30 bits per heavy atom. The smallest absolute Gasteiger partial charge is 0.329 e. The van der Waals surface area contributed by atoms with Crippen molar-refractivity contribution < 1.29 is 28.6 Å². The van der Waals surface area contributed by atoms with Crippen molar-refractivity contribution in [3.8, 4) is 17.2 Å². The predicted octanol–water partition coefficient (Wildman–Crippen LogP) is 5.12. The molecule has 0 radical (unpaired) electrons. The van der Waals surface area contributed by atoms with Crippen molar-refractivity contribution in [2.45, 2.75) is 6.92 Å². The summed E-state index contributed by atoms with van der Waals surface area (Å²) in [4.78, 5) is 36.7. The summed E-state index contributed by atoms with van der Waals surface area (Å²) in [6.07, 6.45) is 2.99. The summed E-state index contributed by atoms with van der Waals surface area (Å²) in [6.45, 7) is 5.89. The zero-order valence-corrected chi connectivity index (χ0v) is 25.2. The SMILES string of the molecule is C=CCOc1ccc(NC(=O)C(=O)N/N=C\c2cc(I)c(OCC(=O)Nc3ccc(Br)cc3)c(OCC)c2)cc1. The van der Waals surface area contributed by atoms with Crippen LogP contribution in [-0.4, -0.2) is 43.8 Å². The van der Waals surface area contributed by atoms with E-state index in [2.05, 4.69) is 66.3 Å². The molecule has 0 unspecified atom stereocenters. The molecule has 0 saturated heterocycles. The number of carbonyl (C=O) groups is 3. The molecular formula is C28H26BrIN4O6. The maximum Gasteiger partial charge on any atom is 0.329 e. The van der Waals surface area contributed by atoms with E-state index < -0.39 is 11.8 Å². The molecule has 208 valence electrons. The molecule has 0 atom stereocenters. The largest absolute Gasteiger partial charge is 0.490 e. The Bertz CT molecular complexity index is 1380. The molecule has 40 heavy (non-hydrogen) atoms. The van der Waals surface area contributed by atoms with Gasteiger partial charge < -0.3 is 24.8 Å². The van der Waals surface area contributed by atoms with Gasteiger partial charge >= 0.3 is 11.8 Å². The van der Waals surface area contributed by atoms with Crippen LogP contribution in [0.2, 0.25) is 0 Å². The maximum absolute atomic E-state index is 12.4. The molecule has 0 bridgehead atoms. The molecule has 0 spiro atoms. The molecule has 0 fully saturated rings. The third-order valence-electron chi connectivity index (χ3n) is 4.87. The van der Waals surface area contributed by atoms with Gasteiger partial charge in [-0.25, -0.2) is 5.43 Å². The van der Waals surface area contributed by atoms with Crippen LogP contribution in [0.5, 0.6) is 17.2 Å². The molecule has 3 aromatic carbocycles. The zero-order chi connectivity index (χ0) is 28.9. The Labute approximate surface area is 253 Å². The Hall–Kier alpha value is -3.91. The lowest BCUT2D eigenvalue weighted by atomic mass is 10.2. The number of hydrogen-bond acceptors (Lipinski definition) is 7. The first kappa shape index (κ1) is 30.6. The number of benzene rings is 3. The van der Waals surface area contributed by atoms with Crippen LogP contribution >= 0.6 is 38.5 Å². The third kappa shape index (κ3) is 9.68. The number of nitrogens with zero attached hydrogens (tertiary/aromatic N) is 1. The van der Waals surface area contributed by atoms with E-state index in [4.69, 9.17) is 14.2 Å². The summed E-state index contributed by atoms with van der Waals surface area (Å²) in [7, 11) is 0. The maximum atomic E-state index is 12.4. The van der Waals surface area contributed by atoms with Crippen LogP contribution in [0, 0.1) is 3.57 Å². The van der Waals surface area contributed by atoms with Crippen molar-refractivity contribution in [3.63, 3.8) is 0 Å². The molecule has 0 aliphatic carbocycles. The molecule has 10 nitrogen and oxygen atoms in total. The van der Waals surface area contributed by atoms with Gasteiger partial charge in [0.05, 0.1) is 16.4 Å². The molecule has 12 heteroatoms. The Balaban J connectivity index is 1.57. The normalized spacial score (nSPS) is 10.5. The van der Waals surface area contributed by atoms with E-state index in [1.807, 2.05) is 19.1 Å². The number of anilines is 2. The van der Waals surface area contributed by atoms with Crippen molar-refractivity contribution in [1.82, 2.24) is 5.43 Å². The van der Waals surface area contributed by atoms with E-state index in [1.165, 1.54) is 6.21 Å².